The molecule has 0 radical (unpaired) electrons. The predicted molar refractivity (Wildman–Crippen MR) is 36.0 cm³/mol. The van der Waals surface area contributed by atoms with Crippen LogP contribution in [0.3, 0.4) is 0 Å². The van der Waals surface area contributed by atoms with Gasteiger partial charge in [0.15, 0.2) is 0 Å². The summed E-state index contributed by atoms with van der Waals surface area (Å²) in [5, 5.41) is 2.81. The van der Waals surface area contributed by atoms with Crippen LogP contribution >= 0.6 is 0 Å². The number of nitrogens with one attached hydrogen (secondary N) is 1. The molecule has 1 rings (SSSR count). The lowest BCUT2D eigenvalue weighted by Crippen LogP contribution is -2.39. The van der Waals surface area contributed by atoms with Crippen LogP contribution in [0.25, 0.3) is 0 Å². The summed E-state index contributed by atoms with van der Waals surface area (Å²) < 4.78 is 0. The Bertz CT molecular complexity index is 143. The van der Waals surface area contributed by atoms with E-state index in [-0.39, 0.29) is 5.91 Å². The molecular formula is C7H11NO. The quantitative estimate of drug-likeness (QED) is 0.517. The standard InChI is InChI=1S/C7H11NO/c1-5-3-7(4-5)8-6(2)9/h7H,1,3-4H2,2H3,(H,8,9). The maximum absolute atomic E-state index is 10.4. The van der Waals surface area contributed by atoms with Gasteiger partial charge in [0.1, 0.15) is 0 Å². The van der Waals surface area contributed by atoms with E-state index in [1.165, 1.54) is 5.57 Å². The molecule has 1 amide bonds. The lowest BCUT2D eigenvalue weighted by molar-refractivity contribution is -0.119. The van der Waals surface area contributed by atoms with Crippen molar-refractivity contribution < 1.29 is 4.79 Å². The fourth-order valence-corrected chi connectivity index (χ4v) is 1.03. The monoisotopic (exact) mass is 125 g/mol. The summed E-state index contributed by atoms with van der Waals surface area (Å²) in [5.41, 5.74) is 1.24. The molecule has 0 aliphatic heterocycles. The summed E-state index contributed by atoms with van der Waals surface area (Å²) in [6.07, 6.45) is 1.94. The fraction of sp³-hybridized carbons (Fsp3) is 0.571. The van der Waals surface area contributed by atoms with Crippen molar-refractivity contribution >= 4 is 5.91 Å². The lowest BCUT2D eigenvalue weighted by Gasteiger charge is -2.28. The molecular weight excluding hydrogens is 114 g/mol. The van der Waals surface area contributed by atoms with Crippen molar-refractivity contribution in [2.45, 2.75) is 25.8 Å². The van der Waals surface area contributed by atoms with E-state index in [2.05, 4.69) is 11.9 Å². The van der Waals surface area contributed by atoms with Crippen molar-refractivity contribution in [3.63, 3.8) is 0 Å². The number of carbonyl (C=O) groups is 1. The van der Waals surface area contributed by atoms with Crippen molar-refractivity contribution in [1.82, 2.24) is 5.32 Å². The molecule has 0 heterocycles. The molecule has 1 aliphatic rings. The first kappa shape index (κ1) is 6.33. The van der Waals surface area contributed by atoms with Crippen LogP contribution in [0, 0.1) is 0 Å². The Kier molecular flexibility index (Phi) is 1.56. The van der Waals surface area contributed by atoms with E-state index in [1.54, 1.807) is 6.92 Å². The Balaban J connectivity index is 2.18. The summed E-state index contributed by atoms with van der Waals surface area (Å²) in [6, 6.07) is 0.384. The second-order valence-corrected chi connectivity index (χ2v) is 2.56. The zero-order valence-electron chi connectivity index (χ0n) is 5.61. The van der Waals surface area contributed by atoms with Crippen LogP contribution in [0.4, 0.5) is 0 Å². The third kappa shape index (κ3) is 1.56. The van der Waals surface area contributed by atoms with Gasteiger partial charge in [0.2, 0.25) is 5.91 Å². The van der Waals surface area contributed by atoms with Crippen molar-refractivity contribution in [3.8, 4) is 0 Å². The molecule has 0 unspecified atom stereocenters. The highest BCUT2D eigenvalue weighted by Gasteiger charge is 2.21. The van der Waals surface area contributed by atoms with Crippen molar-refractivity contribution in [2.75, 3.05) is 0 Å². The highest BCUT2D eigenvalue weighted by atomic mass is 16.1. The normalized spacial score (nSPS) is 19.0. The van der Waals surface area contributed by atoms with Gasteiger partial charge in [-0.15, -0.1) is 0 Å². The van der Waals surface area contributed by atoms with Gasteiger partial charge >= 0.3 is 0 Å². The third-order valence-electron chi connectivity index (χ3n) is 1.48. The summed E-state index contributed by atoms with van der Waals surface area (Å²) in [4.78, 5) is 10.4. The lowest BCUT2D eigenvalue weighted by atomic mass is 9.88. The van der Waals surface area contributed by atoms with Crippen LogP contribution in [0.1, 0.15) is 19.8 Å². The Morgan fingerprint density at radius 3 is 2.67 bits per heavy atom. The van der Waals surface area contributed by atoms with E-state index in [4.69, 9.17) is 0 Å². The van der Waals surface area contributed by atoms with Crippen molar-refractivity contribution in [3.05, 3.63) is 12.2 Å². The first-order valence-corrected chi connectivity index (χ1v) is 3.12. The van der Waals surface area contributed by atoms with Crippen LogP contribution in [-0.4, -0.2) is 11.9 Å². The molecule has 9 heavy (non-hydrogen) atoms. The summed E-state index contributed by atoms with van der Waals surface area (Å²) in [5.74, 6) is 0.0625. The molecule has 0 aromatic carbocycles. The van der Waals surface area contributed by atoms with Gasteiger partial charge in [-0.1, -0.05) is 12.2 Å². The molecule has 0 aromatic rings. The van der Waals surface area contributed by atoms with E-state index in [0.717, 1.165) is 12.8 Å². The molecule has 0 atom stereocenters. The summed E-state index contributed by atoms with van der Waals surface area (Å²) >= 11 is 0. The molecule has 2 heteroatoms. The van der Waals surface area contributed by atoms with Crippen LogP contribution < -0.4 is 5.32 Å². The summed E-state index contributed by atoms with van der Waals surface area (Å²) in [6.45, 7) is 5.31. The largest absolute Gasteiger partial charge is 0.353 e. The number of hydrogen-bond donors (Lipinski definition) is 1. The van der Waals surface area contributed by atoms with E-state index < -0.39 is 0 Å². The zero-order valence-corrected chi connectivity index (χ0v) is 5.61. The zero-order chi connectivity index (χ0) is 6.85. The van der Waals surface area contributed by atoms with Crippen LogP contribution in [0.2, 0.25) is 0 Å². The molecule has 1 N–H and O–H groups in total. The van der Waals surface area contributed by atoms with Crippen LogP contribution in [0.15, 0.2) is 12.2 Å². The molecule has 1 fully saturated rings. The average Bonchev–Trinajstić information content (AvgIpc) is 1.60. The maximum Gasteiger partial charge on any atom is 0.217 e. The smallest absolute Gasteiger partial charge is 0.217 e. The van der Waals surface area contributed by atoms with Crippen LogP contribution in [0.5, 0.6) is 0 Å². The number of hydrogen-bond acceptors (Lipinski definition) is 1. The maximum atomic E-state index is 10.4. The van der Waals surface area contributed by atoms with Crippen molar-refractivity contribution in [2.24, 2.45) is 0 Å². The fourth-order valence-electron chi connectivity index (χ4n) is 1.03. The molecule has 1 aliphatic carbocycles. The second-order valence-electron chi connectivity index (χ2n) is 2.56. The molecule has 0 aromatic heterocycles. The SMILES string of the molecule is C=C1CC(NC(C)=O)C1. The molecule has 50 valence electrons. The van der Waals surface area contributed by atoms with Gasteiger partial charge < -0.3 is 5.32 Å². The molecule has 0 saturated heterocycles. The first-order chi connectivity index (χ1) is 4.18. The van der Waals surface area contributed by atoms with Gasteiger partial charge in [-0.05, 0) is 12.8 Å². The Morgan fingerprint density at radius 1 is 1.78 bits per heavy atom. The Hall–Kier alpha value is -0.790. The second kappa shape index (κ2) is 2.21. The highest BCUT2D eigenvalue weighted by Crippen LogP contribution is 2.23. The minimum Gasteiger partial charge on any atom is -0.353 e. The Morgan fingerprint density at radius 2 is 2.33 bits per heavy atom. The molecule has 1 saturated carbocycles. The highest BCUT2D eigenvalue weighted by molar-refractivity contribution is 5.73. The van der Waals surface area contributed by atoms with Crippen molar-refractivity contribution in [1.29, 1.82) is 0 Å². The van der Waals surface area contributed by atoms with E-state index in [1.807, 2.05) is 0 Å². The first-order valence-electron chi connectivity index (χ1n) is 3.12. The number of rotatable bonds is 1. The van der Waals surface area contributed by atoms with Gasteiger partial charge in [0.05, 0.1) is 0 Å². The van der Waals surface area contributed by atoms with E-state index >= 15 is 0 Å². The van der Waals surface area contributed by atoms with Crippen LogP contribution in [-0.2, 0) is 4.79 Å². The minimum atomic E-state index is 0.0625. The van der Waals surface area contributed by atoms with Gasteiger partial charge in [0, 0.05) is 13.0 Å². The van der Waals surface area contributed by atoms with E-state index in [0.29, 0.717) is 6.04 Å². The van der Waals surface area contributed by atoms with E-state index in [9.17, 15) is 4.79 Å². The summed E-state index contributed by atoms with van der Waals surface area (Å²) in [7, 11) is 0. The molecule has 0 bridgehead atoms. The number of carbonyl (C=O) groups excluding carboxylic acids is 1. The van der Waals surface area contributed by atoms with Gasteiger partial charge in [0.25, 0.3) is 0 Å². The molecule has 2 nitrogen and oxygen atoms in total. The minimum absolute atomic E-state index is 0.0625. The predicted octanol–water partition coefficient (Wildman–Crippen LogP) is 0.841. The van der Waals surface area contributed by atoms with Gasteiger partial charge in [-0.2, -0.15) is 0 Å². The third-order valence-corrected chi connectivity index (χ3v) is 1.48. The van der Waals surface area contributed by atoms with Gasteiger partial charge in [-0.3, -0.25) is 4.79 Å². The molecule has 0 spiro atoms. The Labute approximate surface area is 54.9 Å². The number of amides is 1. The average molecular weight is 125 g/mol. The van der Waals surface area contributed by atoms with Gasteiger partial charge in [-0.25, -0.2) is 0 Å². The topological polar surface area (TPSA) is 29.1 Å².